The highest BCUT2D eigenvalue weighted by Gasteiger charge is 2.21. The van der Waals surface area contributed by atoms with Gasteiger partial charge in [-0.25, -0.2) is 13.1 Å². The molecule has 0 saturated heterocycles. The first kappa shape index (κ1) is 15.2. The van der Waals surface area contributed by atoms with Crippen molar-refractivity contribution in [3.63, 3.8) is 0 Å². The third-order valence-electron chi connectivity index (χ3n) is 2.01. The van der Waals surface area contributed by atoms with Gasteiger partial charge in [0.1, 0.15) is 5.02 Å². The number of nitro groups is 1. The van der Waals surface area contributed by atoms with E-state index in [9.17, 15) is 18.5 Å². The Morgan fingerprint density at radius 1 is 1.50 bits per heavy atom. The number of benzene rings is 1. The van der Waals surface area contributed by atoms with Crippen LogP contribution in [0.2, 0.25) is 5.02 Å². The predicted octanol–water partition coefficient (Wildman–Crippen LogP) is 2.15. The van der Waals surface area contributed by atoms with Gasteiger partial charge in [0, 0.05) is 18.0 Å². The summed E-state index contributed by atoms with van der Waals surface area (Å²) in [4.78, 5) is 9.69. The third-order valence-corrected chi connectivity index (χ3v) is 4.38. The second-order valence-corrected chi connectivity index (χ2v) is 5.98. The van der Waals surface area contributed by atoms with Gasteiger partial charge in [-0.2, -0.15) is 0 Å². The summed E-state index contributed by atoms with van der Waals surface area (Å²) in [6, 6.07) is 2.79. The summed E-state index contributed by atoms with van der Waals surface area (Å²) in [5.74, 6) is 0.0922. The summed E-state index contributed by atoms with van der Waals surface area (Å²) in [6.45, 7) is 1.58. The normalized spacial score (nSPS) is 13.3. The van der Waals surface area contributed by atoms with E-state index < -0.39 is 26.7 Å². The van der Waals surface area contributed by atoms with Gasteiger partial charge in [0.15, 0.2) is 0 Å². The summed E-state index contributed by atoms with van der Waals surface area (Å²) >= 11 is 11.1. The maximum absolute atomic E-state index is 11.9. The van der Waals surface area contributed by atoms with Crippen LogP contribution in [0.15, 0.2) is 23.1 Å². The van der Waals surface area contributed by atoms with Crippen LogP contribution >= 0.6 is 23.2 Å². The number of rotatable bonds is 5. The Hall–Kier alpha value is -0.890. The maximum atomic E-state index is 11.9. The number of hydrogen-bond acceptors (Lipinski definition) is 4. The lowest BCUT2D eigenvalue weighted by atomic mass is 10.3. The topological polar surface area (TPSA) is 89.3 Å². The molecule has 1 aromatic rings. The van der Waals surface area contributed by atoms with Gasteiger partial charge >= 0.3 is 0 Å². The Balaban J connectivity index is 3.18. The van der Waals surface area contributed by atoms with Crippen molar-refractivity contribution in [3.05, 3.63) is 33.3 Å². The number of nitrogens with one attached hydrogen (secondary N) is 1. The molecular formula is C9H10Cl2N2O4S. The summed E-state index contributed by atoms with van der Waals surface area (Å²) < 4.78 is 26.0. The molecule has 9 heteroatoms. The Morgan fingerprint density at radius 2 is 2.11 bits per heavy atom. The molecule has 1 atom stereocenters. The standard InChI is InChI=1S/C9H10Cl2N2O4S/c1-6(5-10)12-18(16,17)7-2-3-8(11)9(4-7)13(14)15/h2-4,6,12H,5H2,1H3. The van der Waals surface area contributed by atoms with E-state index in [1.165, 1.54) is 12.1 Å². The Bertz CT molecular complexity index is 562. The van der Waals surface area contributed by atoms with E-state index in [0.29, 0.717) is 0 Å². The quantitative estimate of drug-likeness (QED) is 0.512. The van der Waals surface area contributed by atoms with Crippen LogP contribution in [0.3, 0.4) is 0 Å². The Morgan fingerprint density at radius 3 is 2.61 bits per heavy atom. The molecule has 0 radical (unpaired) electrons. The fourth-order valence-corrected chi connectivity index (χ4v) is 2.78. The van der Waals surface area contributed by atoms with Crippen LogP contribution in [-0.2, 0) is 10.0 Å². The van der Waals surface area contributed by atoms with Gasteiger partial charge in [-0.1, -0.05) is 11.6 Å². The van der Waals surface area contributed by atoms with Gasteiger partial charge in [0.2, 0.25) is 10.0 Å². The highest BCUT2D eigenvalue weighted by atomic mass is 35.5. The van der Waals surface area contributed by atoms with E-state index in [2.05, 4.69) is 4.72 Å². The molecule has 0 bridgehead atoms. The largest absolute Gasteiger partial charge is 0.289 e. The summed E-state index contributed by atoms with van der Waals surface area (Å²) in [5, 5.41) is 10.5. The average Bonchev–Trinajstić information content (AvgIpc) is 2.28. The molecule has 1 rings (SSSR count). The van der Waals surface area contributed by atoms with Gasteiger partial charge in [-0.05, 0) is 19.1 Å². The minimum absolute atomic E-state index is 0.0922. The van der Waals surface area contributed by atoms with E-state index in [0.717, 1.165) is 6.07 Å². The molecule has 100 valence electrons. The Labute approximate surface area is 114 Å². The number of nitro benzene ring substituents is 1. The van der Waals surface area contributed by atoms with E-state index in [4.69, 9.17) is 23.2 Å². The van der Waals surface area contributed by atoms with Crippen molar-refractivity contribution in [3.8, 4) is 0 Å². The molecule has 0 aliphatic rings. The van der Waals surface area contributed by atoms with Crippen LogP contribution in [0.4, 0.5) is 5.69 Å². The molecule has 1 aromatic carbocycles. The predicted molar refractivity (Wildman–Crippen MR) is 68.6 cm³/mol. The van der Waals surface area contributed by atoms with Crippen molar-refractivity contribution in [2.24, 2.45) is 0 Å². The first-order valence-corrected chi connectivity index (χ1v) is 7.19. The molecule has 1 N–H and O–H groups in total. The second kappa shape index (κ2) is 5.83. The van der Waals surface area contributed by atoms with Gasteiger partial charge in [-0.3, -0.25) is 10.1 Å². The summed E-state index contributed by atoms with van der Waals surface area (Å²) in [7, 11) is -3.84. The molecule has 0 spiro atoms. The fourth-order valence-electron chi connectivity index (χ4n) is 1.16. The monoisotopic (exact) mass is 312 g/mol. The van der Waals surface area contributed by atoms with Crippen molar-refractivity contribution in [2.45, 2.75) is 17.9 Å². The van der Waals surface area contributed by atoms with Crippen LogP contribution in [0.5, 0.6) is 0 Å². The molecule has 0 saturated carbocycles. The highest BCUT2D eigenvalue weighted by Crippen LogP contribution is 2.27. The summed E-state index contributed by atoms with van der Waals surface area (Å²) in [5.41, 5.74) is -0.460. The van der Waals surface area contributed by atoms with Crippen molar-refractivity contribution in [2.75, 3.05) is 5.88 Å². The van der Waals surface area contributed by atoms with Gasteiger partial charge in [-0.15, -0.1) is 11.6 Å². The zero-order valence-corrected chi connectivity index (χ0v) is 11.6. The summed E-state index contributed by atoms with van der Waals surface area (Å²) in [6.07, 6.45) is 0. The number of hydrogen-bond donors (Lipinski definition) is 1. The average molecular weight is 313 g/mol. The molecule has 0 aliphatic heterocycles. The number of sulfonamides is 1. The lowest BCUT2D eigenvalue weighted by molar-refractivity contribution is -0.384. The molecule has 0 amide bonds. The lowest BCUT2D eigenvalue weighted by Gasteiger charge is -2.11. The van der Waals surface area contributed by atoms with Gasteiger partial charge in [0.05, 0.1) is 9.82 Å². The first-order valence-electron chi connectivity index (χ1n) is 4.80. The van der Waals surface area contributed by atoms with Crippen LogP contribution in [0, 0.1) is 10.1 Å². The lowest BCUT2D eigenvalue weighted by Crippen LogP contribution is -2.33. The molecule has 0 aliphatic carbocycles. The van der Waals surface area contributed by atoms with Gasteiger partial charge < -0.3 is 0 Å². The zero-order chi connectivity index (χ0) is 13.9. The molecular weight excluding hydrogens is 303 g/mol. The third kappa shape index (κ3) is 3.55. The molecule has 0 fully saturated rings. The first-order chi connectivity index (χ1) is 8.27. The minimum atomic E-state index is -3.84. The maximum Gasteiger partial charge on any atom is 0.289 e. The van der Waals surface area contributed by atoms with Crippen molar-refractivity contribution in [1.29, 1.82) is 0 Å². The van der Waals surface area contributed by atoms with Crippen molar-refractivity contribution < 1.29 is 13.3 Å². The molecule has 18 heavy (non-hydrogen) atoms. The van der Waals surface area contributed by atoms with Crippen molar-refractivity contribution in [1.82, 2.24) is 4.72 Å². The molecule has 0 heterocycles. The van der Waals surface area contributed by atoms with E-state index in [1.807, 2.05) is 0 Å². The number of halogens is 2. The number of nitrogens with zero attached hydrogens (tertiary/aromatic N) is 1. The molecule has 6 nitrogen and oxygen atoms in total. The van der Waals surface area contributed by atoms with E-state index in [1.54, 1.807) is 6.92 Å². The van der Waals surface area contributed by atoms with E-state index in [-0.39, 0.29) is 15.8 Å². The Kier molecular flexibility index (Phi) is 4.92. The molecule has 1 unspecified atom stereocenters. The van der Waals surface area contributed by atoms with Crippen LogP contribution < -0.4 is 4.72 Å². The van der Waals surface area contributed by atoms with Crippen LogP contribution in [0.1, 0.15) is 6.92 Å². The zero-order valence-electron chi connectivity index (χ0n) is 9.26. The van der Waals surface area contributed by atoms with E-state index >= 15 is 0 Å². The highest BCUT2D eigenvalue weighted by molar-refractivity contribution is 7.89. The van der Waals surface area contributed by atoms with Gasteiger partial charge in [0.25, 0.3) is 5.69 Å². The van der Waals surface area contributed by atoms with Crippen LogP contribution in [-0.4, -0.2) is 25.3 Å². The number of alkyl halides is 1. The van der Waals surface area contributed by atoms with Crippen LogP contribution in [0.25, 0.3) is 0 Å². The molecule has 0 aromatic heterocycles. The van der Waals surface area contributed by atoms with Crippen molar-refractivity contribution >= 4 is 38.9 Å². The SMILES string of the molecule is CC(CCl)NS(=O)(=O)c1ccc(Cl)c([N+](=O)[O-])c1. The second-order valence-electron chi connectivity index (χ2n) is 3.55. The smallest absolute Gasteiger partial charge is 0.258 e. The minimum Gasteiger partial charge on any atom is -0.258 e. The fraction of sp³-hybridized carbons (Fsp3) is 0.333.